The van der Waals surface area contributed by atoms with Gasteiger partial charge in [-0.25, -0.2) is 4.39 Å². The first-order chi connectivity index (χ1) is 17.2. The van der Waals surface area contributed by atoms with Crippen LogP contribution < -0.4 is 10.6 Å². The molecule has 1 heterocycles. The number of para-hydroxylation sites is 1. The minimum Gasteiger partial charge on any atom is -0.378 e. The van der Waals surface area contributed by atoms with Crippen LogP contribution >= 0.6 is 11.8 Å². The third kappa shape index (κ3) is 6.22. The Morgan fingerprint density at radius 1 is 0.972 bits per heavy atom. The lowest BCUT2D eigenvalue weighted by atomic mass is 10.1. The molecule has 0 bridgehead atoms. The molecular weight excluding hydrogens is 494 g/mol. The average molecular weight is 516 g/mol. The number of carbonyl (C=O) groups excluding carboxylic acids is 1. The Morgan fingerprint density at radius 3 is 2.36 bits per heavy atom. The Morgan fingerprint density at radius 2 is 1.67 bits per heavy atom. The zero-order valence-corrected chi connectivity index (χ0v) is 19.8. The SMILES string of the molecule is Cc1ccc(-n2c(CNc3ccc(F)cc3)nnc2SCC(=O)Nc2ccccc2C(F)(F)F)cc1. The molecule has 0 radical (unpaired) electrons. The third-order valence-electron chi connectivity index (χ3n) is 5.13. The van der Waals surface area contributed by atoms with E-state index in [1.54, 1.807) is 16.7 Å². The minimum atomic E-state index is -4.59. The molecule has 0 aliphatic rings. The number of aromatic nitrogens is 3. The highest BCUT2D eigenvalue weighted by Crippen LogP contribution is 2.34. The maximum atomic E-state index is 13.2. The number of carbonyl (C=O) groups is 1. The zero-order valence-electron chi connectivity index (χ0n) is 19.0. The van der Waals surface area contributed by atoms with Crippen molar-refractivity contribution in [2.75, 3.05) is 16.4 Å². The van der Waals surface area contributed by atoms with Crippen molar-refractivity contribution in [3.8, 4) is 5.69 Å². The maximum Gasteiger partial charge on any atom is 0.418 e. The fourth-order valence-electron chi connectivity index (χ4n) is 3.37. The van der Waals surface area contributed by atoms with Crippen LogP contribution in [0.3, 0.4) is 0 Å². The first-order valence-electron chi connectivity index (χ1n) is 10.8. The molecule has 0 fully saturated rings. The molecule has 0 atom stereocenters. The summed E-state index contributed by atoms with van der Waals surface area (Å²) in [5.74, 6) is -0.602. The van der Waals surface area contributed by atoms with Crippen molar-refractivity contribution in [1.82, 2.24) is 14.8 Å². The number of alkyl halides is 3. The number of anilines is 2. The molecule has 1 amide bonds. The minimum absolute atomic E-state index is 0.179. The number of nitrogens with one attached hydrogen (secondary N) is 2. The number of halogens is 4. The molecule has 2 N–H and O–H groups in total. The van der Waals surface area contributed by atoms with Crippen LogP contribution in [-0.4, -0.2) is 26.4 Å². The summed E-state index contributed by atoms with van der Waals surface area (Å²) in [5.41, 5.74) is 1.27. The molecule has 4 rings (SSSR count). The van der Waals surface area contributed by atoms with Crippen LogP contribution in [0, 0.1) is 12.7 Å². The number of hydrogen-bond acceptors (Lipinski definition) is 5. The molecule has 11 heteroatoms. The Hall–Kier alpha value is -3.86. The van der Waals surface area contributed by atoms with Gasteiger partial charge in [-0.2, -0.15) is 13.2 Å². The average Bonchev–Trinajstić information content (AvgIpc) is 3.25. The first kappa shape index (κ1) is 25.2. The molecule has 186 valence electrons. The molecule has 0 saturated carbocycles. The van der Waals surface area contributed by atoms with E-state index in [-0.39, 0.29) is 23.8 Å². The zero-order chi connectivity index (χ0) is 25.7. The summed E-state index contributed by atoms with van der Waals surface area (Å²) in [6, 6.07) is 18.3. The summed E-state index contributed by atoms with van der Waals surface area (Å²) in [4.78, 5) is 12.5. The van der Waals surface area contributed by atoms with Gasteiger partial charge in [-0.05, 0) is 55.5 Å². The van der Waals surface area contributed by atoms with Gasteiger partial charge in [-0.3, -0.25) is 9.36 Å². The van der Waals surface area contributed by atoms with Gasteiger partial charge in [0, 0.05) is 11.4 Å². The van der Waals surface area contributed by atoms with E-state index in [4.69, 9.17) is 0 Å². The Kier molecular flexibility index (Phi) is 7.58. The van der Waals surface area contributed by atoms with Crippen molar-refractivity contribution in [2.45, 2.75) is 24.8 Å². The normalized spacial score (nSPS) is 11.4. The van der Waals surface area contributed by atoms with E-state index in [0.29, 0.717) is 16.7 Å². The lowest BCUT2D eigenvalue weighted by molar-refractivity contribution is -0.137. The van der Waals surface area contributed by atoms with Gasteiger partial charge in [0.05, 0.1) is 23.5 Å². The highest BCUT2D eigenvalue weighted by Gasteiger charge is 2.33. The second-order valence-electron chi connectivity index (χ2n) is 7.81. The number of thioether (sulfide) groups is 1. The smallest absolute Gasteiger partial charge is 0.378 e. The maximum absolute atomic E-state index is 13.2. The molecule has 0 unspecified atom stereocenters. The number of rotatable bonds is 8. The second kappa shape index (κ2) is 10.8. The Bertz CT molecular complexity index is 1340. The molecule has 0 saturated heterocycles. The van der Waals surface area contributed by atoms with E-state index >= 15 is 0 Å². The summed E-state index contributed by atoms with van der Waals surface area (Å²) < 4.78 is 54.7. The number of hydrogen-bond donors (Lipinski definition) is 2. The molecule has 6 nitrogen and oxygen atoms in total. The van der Waals surface area contributed by atoms with Gasteiger partial charge in [-0.1, -0.05) is 41.6 Å². The van der Waals surface area contributed by atoms with Crippen LogP contribution in [0.4, 0.5) is 28.9 Å². The van der Waals surface area contributed by atoms with Crippen molar-refractivity contribution < 1.29 is 22.4 Å². The lowest BCUT2D eigenvalue weighted by Gasteiger charge is -2.14. The number of benzene rings is 3. The van der Waals surface area contributed by atoms with Crippen molar-refractivity contribution in [3.05, 3.63) is 95.6 Å². The third-order valence-corrected chi connectivity index (χ3v) is 6.06. The molecule has 4 aromatic rings. The van der Waals surface area contributed by atoms with Gasteiger partial charge in [0.25, 0.3) is 0 Å². The molecule has 1 aromatic heterocycles. The molecule has 36 heavy (non-hydrogen) atoms. The van der Waals surface area contributed by atoms with E-state index in [1.807, 2.05) is 31.2 Å². The number of nitrogens with zero attached hydrogens (tertiary/aromatic N) is 3. The van der Waals surface area contributed by atoms with Crippen molar-refractivity contribution in [1.29, 1.82) is 0 Å². The molecule has 0 aliphatic carbocycles. The van der Waals surface area contributed by atoms with Crippen LogP contribution in [0.5, 0.6) is 0 Å². The van der Waals surface area contributed by atoms with Crippen LogP contribution in [0.25, 0.3) is 5.69 Å². The summed E-state index contributed by atoms with van der Waals surface area (Å²) in [6.45, 7) is 2.21. The summed E-state index contributed by atoms with van der Waals surface area (Å²) in [7, 11) is 0. The highest BCUT2D eigenvalue weighted by atomic mass is 32.2. The fourth-order valence-corrected chi connectivity index (χ4v) is 4.14. The number of amides is 1. The van der Waals surface area contributed by atoms with E-state index in [1.165, 1.54) is 30.3 Å². The summed E-state index contributed by atoms with van der Waals surface area (Å²) >= 11 is 1.05. The van der Waals surface area contributed by atoms with Crippen molar-refractivity contribution in [2.24, 2.45) is 0 Å². The summed E-state index contributed by atoms with van der Waals surface area (Å²) in [6.07, 6.45) is -4.59. The molecular formula is C25H21F4N5OS. The lowest BCUT2D eigenvalue weighted by Crippen LogP contribution is -2.18. The predicted octanol–water partition coefficient (Wildman–Crippen LogP) is 6.08. The Labute approximate surface area is 208 Å². The van der Waals surface area contributed by atoms with Gasteiger partial charge in [0.2, 0.25) is 5.91 Å². The van der Waals surface area contributed by atoms with Gasteiger partial charge >= 0.3 is 6.18 Å². The van der Waals surface area contributed by atoms with Crippen LogP contribution in [-0.2, 0) is 17.5 Å². The largest absolute Gasteiger partial charge is 0.418 e. The van der Waals surface area contributed by atoms with Crippen molar-refractivity contribution in [3.63, 3.8) is 0 Å². The van der Waals surface area contributed by atoms with E-state index in [9.17, 15) is 22.4 Å². The fraction of sp³-hybridized carbons (Fsp3) is 0.160. The second-order valence-corrected chi connectivity index (χ2v) is 8.75. The number of aryl methyl sites for hydroxylation is 1. The van der Waals surface area contributed by atoms with Gasteiger partial charge in [-0.15, -0.1) is 10.2 Å². The van der Waals surface area contributed by atoms with Crippen LogP contribution in [0.2, 0.25) is 0 Å². The first-order valence-corrected chi connectivity index (χ1v) is 11.8. The summed E-state index contributed by atoms with van der Waals surface area (Å²) in [5, 5.41) is 14.3. The van der Waals surface area contributed by atoms with Gasteiger partial charge < -0.3 is 10.6 Å². The monoisotopic (exact) mass is 515 g/mol. The van der Waals surface area contributed by atoms with Gasteiger partial charge in [0.15, 0.2) is 11.0 Å². The Balaban J connectivity index is 1.52. The van der Waals surface area contributed by atoms with E-state index < -0.39 is 17.6 Å². The topological polar surface area (TPSA) is 71.8 Å². The van der Waals surface area contributed by atoms with Crippen LogP contribution in [0.15, 0.2) is 78.0 Å². The molecule has 3 aromatic carbocycles. The van der Waals surface area contributed by atoms with Gasteiger partial charge in [0.1, 0.15) is 5.82 Å². The highest BCUT2D eigenvalue weighted by molar-refractivity contribution is 7.99. The van der Waals surface area contributed by atoms with Crippen molar-refractivity contribution >= 4 is 29.0 Å². The molecule has 0 spiro atoms. The molecule has 0 aliphatic heterocycles. The van der Waals surface area contributed by atoms with E-state index in [2.05, 4.69) is 20.8 Å². The standard InChI is InChI=1S/C25H21F4N5OS/c1-16-6-12-19(13-7-16)34-22(14-30-18-10-8-17(26)9-11-18)32-33-24(34)36-15-23(35)31-21-5-3-2-4-20(21)25(27,28)29/h2-13,30H,14-15H2,1H3,(H,31,35). The predicted molar refractivity (Wildman–Crippen MR) is 131 cm³/mol. The van der Waals surface area contributed by atoms with Crippen LogP contribution in [0.1, 0.15) is 17.0 Å². The van der Waals surface area contributed by atoms with E-state index in [0.717, 1.165) is 29.1 Å². The quantitative estimate of drug-likeness (QED) is 0.220.